The number of carbonyl (C=O) groups is 2. The summed E-state index contributed by atoms with van der Waals surface area (Å²) in [5.41, 5.74) is 2.58. The minimum atomic E-state index is -0.541. The average Bonchev–Trinajstić information content (AvgIpc) is 2.21. The Kier molecular flexibility index (Phi) is 3.61. The Morgan fingerprint density at radius 1 is 1.20 bits per heavy atom. The number of hydrogen-bond acceptors (Lipinski definition) is 2. The van der Waals surface area contributed by atoms with Gasteiger partial charge in [-0.3, -0.25) is 9.59 Å². The van der Waals surface area contributed by atoms with Gasteiger partial charge in [-0.25, -0.2) is 0 Å². The maximum Gasteiger partial charge on any atom is 0.292 e. The lowest BCUT2D eigenvalue weighted by Gasteiger charge is -2.04. The van der Waals surface area contributed by atoms with Crippen molar-refractivity contribution in [3.8, 4) is 0 Å². The van der Waals surface area contributed by atoms with Crippen LogP contribution in [-0.4, -0.2) is 18.2 Å². The van der Waals surface area contributed by atoms with E-state index in [0.717, 1.165) is 11.1 Å². The second-order valence-corrected chi connectivity index (χ2v) is 3.49. The Morgan fingerprint density at radius 3 is 2.40 bits per heavy atom. The second kappa shape index (κ2) is 4.73. The fraction of sp³-hybridized carbons (Fsp3) is 0.333. The van der Waals surface area contributed by atoms with Gasteiger partial charge in [0.15, 0.2) is 0 Å². The first-order chi connectivity index (χ1) is 7.06. The van der Waals surface area contributed by atoms with Gasteiger partial charge in [0.1, 0.15) is 0 Å². The topological polar surface area (TPSA) is 46.2 Å². The Bertz CT molecular complexity index is 397. The molecule has 1 rings (SSSR count). The minimum Gasteiger partial charge on any atom is -0.349 e. The highest BCUT2D eigenvalue weighted by atomic mass is 16.2. The molecule has 1 N–H and O–H groups in total. The van der Waals surface area contributed by atoms with Crippen molar-refractivity contribution in [2.75, 3.05) is 6.54 Å². The van der Waals surface area contributed by atoms with Crippen LogP contribution in [0, 0.1) is 13.8 Å². The fourth-order valence-electron chi connectivity index (χ4n) is 1.25. The molecule has 15 heavy (non-hydrogen) atoms. The van der Waals surface area contributed by atoms with Crippen LogP contribution in [0.1, 0.15) is 28.4 Å². The third kappa shape index (κ3) is 2.65. The molecule has 0 aliphatic heterocycles. The van der Waals surface area contributed by atoms with Crippen molar-refractivity contribution in [2.45, 2.75) is 20.8 Å². The summed E-state index contributed by atoms with van der Waals surface area (Å²) in [6.07, 6.45) is 0. The molecule has 0 radical (unpaired) electrons. The summed E-state index contributed by atoms with van der Waals surface area (Å²) in [6.45, 7) is 6.14. The fourth-order valence-corrected chi connectivity index (χ4v) is 1.25. The van der Waals surface area contributed by atoms with Crippen LogP contribution in [0.2, 0.25) is 0 Å². The van der Waals surface area contributed by atoms with Crippen molar-refractivity contribution in [3.05, 3.63) is 34.9 Å². The number of amides is 1. The summed E-state index contributed by atoms with van der Waals surface area (Å²) in [4.78, 5) is 22.9. The van der Waals surface area contributed by atoms with Crippen LogP contribution < -0.4 is 5.32 Å². The summed E-state index contributed by atoms with van der Waals surface area (Å²) in [6, 6.07) is 5.27. The van der Waals surface area contributed by atoms with Gasteiger partial charge in [0.05, 0.1) is 0 Å². The molecule has 0 aliphatic rings. The Hall–Kier alpha value is -1.64. The zero-order chi connectivity index (χ0) is 11.4. The number of likely N-dealkylation sites (N-methyl/N-ethyl adjacent to an activating group) is 1. The van der Waals surface area contributed by atoms with Gasteiger partial charge in [-0.05, 0) is 38.0 Å². The summed E-state index contributed by atoms with van der Waals surface area (Å²) in [7, 11) is 0. The highest BCUT2D eigenvalue weighted by Crippen LogP contribution is 2.10. The predicted molar refractivity (Wildman–Crippen MR) is 58.9 cm³/mol. The monoisotopic (exact) mass is 205 g/mol. The number of rotatable bonds is 3. The maximum atomic E-state index is 11.6. The lowest BCUT2D eigenvalue weighted by molar-refractivity contribution is -0.116. The molecule has 0 fully saturated rings. The van der Waals surface area contributed by atoms with Crippen LogP contribution in [0.3, 0.4) is 0 Å². The standard InChI is InChI=1S/C12H15NO2/c1-4-13-12(15)11(14)10-6-5-8(2)9(3)7-10/h5-7H,4H2,1-3H3,(H,13,15). The Morgan fingerprint density at radius 2 is 1.87 bits per heavy atom. The third-order valence-corrected chi connectivity index (χ3v) is 2.31. The molecule has 3 heteroatoms. The van der Waals surface area contributed by atoms with E-state index in [4.69, 9.17) is 0 Å². The molecule has 0 spiro atoms. The van der Waals surface area contributed by atoms with E-state index < -0.39 is 11.7 Å². The van der Waals surface area contributed by atoms with E-state index in [0.29, 0.717) is 12.1 Å². The molecule has 0 aliphatic carbocycles. The predicted octanol–water partition coefficient (Wildman–Crippen LogP) is 1.62. The molecule has 1 amide bonds. The minimum absolute atomic E-state index is 0.448. The largest absolute Gasteiger partial charge is 0.349 e. The summed E-state index contributed by atoms with van der Waals surface area (Å²) >= 11 is 0. The number of ketones is 1. The Balaban J connectivity index is 2.92. The van der Waals surface area contributed by atoms with Crippen molar-refractivity contribution in [1.29, 1.82) is 0 Å². The van der Waals surface area contributed by atoms with Crippen molar-refractivity contribution in [1.82, 2.24) is 5.32 Å². The molecule has 0 bridgehead atoms. The summed E-state index contributed by atoms with van der Waals surface area (Å²) < 4.78 is 0. The van der Waals surface area contributed by atoms with Crippen molar-refractivity contribution >= 4 is 11.7 Å². The van der Waals surface area contributed by atoms with Gasteiger partial charge >= 0.3 is 0 Å². The average molecular weight is 205 g/mol. The van der Waals surface area contributed by atoms with E-state index >= 15 is 0 Å². The quantitative estimate of drug-likeness (QED) is 0.602. The van der Waals surface area contributed by atoms with E-state index in [-0.39, 0.29) is 0 Å². The van der Waals surface area contributed by atoms with Gasteiger partial charge in [-0.15, -0.1) is 0 Å². The zero-order valence-electron chi connectivity index (χ0n) is 9.26. The highest BCUT2D eigenvalue weighted by Gasteiger charge is 2.15. The van der Waals surface area contributed by atoms with Gasteiger partial charge in [0, 0.05) is 12.1 Å². The van der Waals surface area contributed by atoms with Crippen LogP contribution in [0.15, 0.2) is 18.2 Å². The van der Waals surface area contributed by atoms with Crippen molar-refractivity contribution < 1.29 is 9.59 Å². The molecule has 0 aromatic heterocycles. The van der Waals surface area contributed by atoms with Crippen LogP contribution in [0.25, 0.3) is 0 Å². The maximum absolute atomic E-state index is 11.6. The van der Waals surface area contributed by atoms with Gasteiger partial charge < -0.3 is 5.32 Å². The first-order valence-electron chi connectivity index (χ1n) is 4.96. The van der Waals surface area contributed by atoms with Gasteiger partial charge in [0.2, 0.25) is 5.78 Å². The highest BCUT2D eigenvalue weighted by molar-refractivity contribution is 6.42. The number of hydrogen-bond donors (Lipinski definition) is 1. The number of carbonyl (C=O) groups excluding carboxylic acids is 2. The third-order valence-electron chi connectivity index (χ3n) is 2.31. The molecule has 0 unspecified atom stereocenters. The number of nitrogens with one attached hydrogen (secondary N) is 1. The van der Waals surface area contributed by atoms with E-state index in [1.807, 2.05) is 19.9 Å². The summed E-state index contributed by atoms with van der Waals surface area (Å²) in [5, 5.41) is 2.49. The van der Waals surface area contributed by atoms with Gasteiger partial charge in [0.25, 0.3) is 5.91 Å². The molecule has 0 atom stereocenters. The van der Waals surface area contributed by atoms with Crippen molar-refractivity contribution in [3.63, 3.8) is 0 Å². The molecule has 1 aromatic rings. The Labute approximate surface area is 89.5 Å². The smallest absolute Gasteiger partial charge is 0.292 e. The molecular weight excluding hydrogens is 190 g/mol. The molecule has 0 saturated heterocycles. The number of Topliss-reactive ketones (excluding diaryl/α,β-unsaturated/α-hetero) is 1. The SMILES string of the molecule is CCNC(=O)C(=O)c1ccc(C)c(C)c1. The summed E-state index contributed by atoms with van der Waals surface area (Å²) in [5.74, 6) is -1.01. The van der Waals surface area contributed by atoms with Crippen LogP contribution in [-0.2, 0) is 4.79 Å². The number of benzene rings is 1. The number of aryl methyl sites for hydroxylation is 2. The molecule has 0 saturated carbocycles. The van der Waals surface area contributed by atoms with Gasteiger partial charge in [-0.1, -0.05) is 12.1 Å². The molecule has 80 valence electrons. The lowest BCUT2D eigenvalue weighted by Crippen LogP contribution is -2.30. The first-order valence-corrected chi connectivity index (χ1v) is 4.96. The molecule has 3 nitrogen and oxygen atoms in total. The molecular formula is C12H15NO2. The zero-order valence-corrected chi connectivity index (χ0v) is 9.26. The van der Waals surface area contributed by atoms with Gasteiger partial charge in [-0.2, -0.15) is 0 Å². The lowest BCUT2D eigenvalue weighted by atomic mass is 10.0. The van der Waals surface area contributed by atoms with E-state index in [1.54, 1.807) is 19.1 Å². The molecule has 0 heterocycles. The van der Waals surface area contributed by atoms with Crippen LogP contribution in [0.4, 0.5) is 0 Å². The first kappa shape index (κ1) is 11.4. The van der Waals surface area contributed by atoms with E-state index in [9.17, 15) is 9.59 Å². The van der Waals surface area contributed by atoms with Crippen molar-refractivity contribution in [2.24, 2.45) is 0 Å². The van der Waals surface area contributed by atoms with E-state index in [1.165, 1.54) is 0 Å². The molecule has 1 aromatic carbocycles. The second-order valence-electron chi connectivity index (χ2n) is 3.49. The van der Waals surface area contributed by atoms with Crippen LogP contribution >= 0.6 is 0 Å². The van der Waals surface area contributed by atoms with Crippen LogP contribution in [0.5, 0.6) is 0 Å². The normalized spacial score (nSPS) is 9.80. The van der Waals surface area contributed by atoms with E-state index in [2.05, 4.69) is 5.32 Å².